The van der Waals surface area contributed by atoms with E-state index in [2.05, 4.69) is 32.2 Å². The highest BCUT2D eigenvalue weighted by molar-refractivity contribution is 5.97. The topological polar surface area (TPSA) is 71.3 Å². The van der Waals surface area contributed by atoms with Crippen molar-refractivity contribution in [2.75, 3.05) is 18.5 Å². The van der Waals surface area contributed by atoms with Gasteiger partial charge in [0.15, 0.2) is 0 Å². The molecule has 0 saturated heterocycles. The maximum Gasteiger partial charge on any atom is 0.256 e. The van der Waals surface area contributed by atoms with Crippen LogP contribution < -0.4 is 10.1 Å². The molecule has 0 fully saturated rings. The van der Waals surface area contributed by atoms with E-state index >= 15 is 0 Å². The molecule has 5 nitrogen and oxygen atoms in total. The molecule has 0 aliphatic rings. The molecular formula is C21H32N2O3. The summed E-state index contributed by atoms with van der Waals surface area (Å²) >= 11 is 0. The normalized spacial score (nSPS) is 13.1. The number of nitrogens with zero attached hydrogens (tertiary/aromatic N) is 1. The zero-order valence-electron chi connectivity index (χ0n) is 16.7. The highest BCUT2D eigenvalue weighted by Crippen LogP contribution is 2.26. The van der Waals surface area contributed by atoms with Gasteiger partial charge in [0.1, 0.15) is 17.4 Å². The van der Waals surface area contributed by atoms with Gasteiger partial charge in [-0.3, -0.25) is 4.79 Å². The number of anilines is 1. The lowest BCUT2D eigenvalue weighted by Gasteiger charge is -2.30. The second-order valence-electron chi connectivity index (χ2n) is 7.16. The summed E-state index contributed by atoms with van der Waals surface area (Å²) in [7, 11) is 0. The predicted molar refractivity (Wildman–Crippen MR) is 104 cm³/mol. The van der Waals surface area contributed by atoms with Crippen LogP contribution in [-0.4, -0.2) is 24.7 Å². The first-order valence-electron chi connectivity index (χ1n) is 9.48. The summed E-state index contributed by atoms with van der Waals surface area (Å²) in [6.07, 6.45) is 3.44. The van der Waals surface area contributed by atoms with Crippen LogP contribution in [0.2, 0.25) is 0 Å². The summed E-state index contributed by atoms with van der Waals surface area (Å²) in [4.78, 5) is 12.8. The molecule has 0 spiro atoms. The Morgan fingerprint density at radius 2 is 2.00 bits per heavy atom. The summed E-state index contributed by atoms with van der Waals surface area (Å²) in [5.74, 6) is 0.681. The molecule has 1 amide bonds. The zero-order chi connectivity index (χ0) is 19.6. The summed E-state index contributed by atoms with van der Waals surface area (Å²) in [6, 6.07) is 7.27. The van der Waals surface area contributed by atoms with E-state index in [1.165, 1.54) is 0 Å². The second-order valence-corrected chi connectivity index (χ2v) is 7.16. The zero-order valence-corrected chi connectivity index (χ0v) is 16.7. The molecule has 0 aliphatic carbocycles. The van der Waals surface area contributed by atoms with E-state index in [0.29, 0.717) is 42.6 Å². The molecule has 144 valence electrons. The Morgan fingerprint density at radius 3 is 2.58 bits per heavy atom. The Hall–Kier alpha value is -2.06. The lowest BCUT2D eigenvalue weighted by atomic mass is 9.93. The van der Waals surface area contributed by atoms with Gasteiger partial charge < -0.3 is 14.8 Å². The number of benzene rings is 1. The quantitative estimate of drug-likeness (QED) is 0.569. The maximum absolute atomic E-state index is 12.8. The van der Waals surface area contributed by atoms with Gasteiger partial charge in [0.05, 0.1) is 12.2 Å². The van der Waals surface area contributed by atoms with Crippen molar-refractivity contribution in [1.82, 2.24) is 0 Å². The number of ether oxygens (including phenoxy) is 2. The Bertz CT molecular complexity index is 622. The fourth-order valence-corrected chi connectivity index (χ4v) is 2.73. The van der Waals surface area contributed by atoms with E-state index in [9.17, 15) is 10.1 Å². The number of amides is 1. The molecule has 1 atom stereocenters. The fourth-order valence-electron chi connectivity index (χ4n) is 2.73. The van der Waals surface area contributed by atoms with E-state index in [1.54, 1.807) is 18.2 Å². The first kappa shape index (κ1) is 22.0. The summed E-state index contributed by atoms with van der Waals surface area (Å²) < 4.78 is 11.5. The van der Waals surface area contributed by atoms with E-state index in [4.69, 9.17) is 9.47 Å². The third-order valence-corrected chi connectivity index (χ3v) is 4.02. The molecule has 0 heterocycles. The van der Waals surface area contributed by atoms with Crippen molar-refractivity contribution in [3.8, 4) is 11.8 Å². The van der Waals surface area contributed by atoms with Crippen LogP contribution in [-0.2, 0) is 9.53 Å². The van der Waals surface area contributed by atoms with Gasteiger partial charge in [-0.2, -0.15) is 5.26 Å². The van der Waals surface area contributed by atoms with Crippen LogP contribution in [0.15, 0.2) is 18.2 Å². The number of hydrogen-bond acceptors (Lipinski definition) is 4. The summed E-state index contributed by atoms with van der Waals surface area (Å²) in [5, 5.41) is 12.3. The van der Waals surface area contributed by atoms with E-state index < -0.39 is 5.60 Å². The van der Waals surface area contributed by atoms with Crippen molar-refractivity contribution < 1.29 is 14.3 Å². The smallest absolute Gasteiger partial charge is 0.256 e. The minimum atomic E-state index is -0.896. The van der Waals surface area contributed by atoms with Gasteiger partial charge in [-0.05, 0) is 50.3 Å². The molecular weight excluding hydrogens is 328 g/mol. The Balaban J connectivity index is 2.90. The molecule has 1 N–H and O–H groups in total. The van der Waals surface area contributed by atoms with Crippen LogP contribution in [0.4, 0.5) is 5.69 Å². The molecule has 1 rings (SSSR count). The molecule has 1 unspecified atom stereocenters. The lowest BCUT2D eigenvalue weighted by molar-refractivity contribution is -0.141. The van der Waals surface area contributed by atoms with Gasteiger partial charge in [-0.25, -0.2) is 0 Å². The average Bonchev–Trinajstić information content (AvgIpc) is 2.60. The highest BCUT2D eigenvalue weighted by atomic mass is 16.5. The van der Waals surface area contributed by atoms with Crippen molar-refractivity contribution in [1.29, 1.82) is 5.26 Å². The van der Waals surface area contributed by atoms with Gasteiger partial charge in [0.2, 0.25) is 0 Å². The van der Waals surface area contributed by atoms with Crippen LogP contribution in [0.3, 0.4) is 0 Å². The van der Waals surface area contributed by atoms with Crippen LogP contribution in [0.1, 0.15) is 65.9 Å². The average molecular weight is 360 g/mol. The number of rotatable bonds is 11. The lowest BCUT2D eigenvalue weighted by Crippen LogP contribution is -2.44. The second kappa shape index (κ2) is 10.8. The monoisotopic (exact) mass is 360 g/mol. The van der Waals surface area contributed by atoms with Gasteiger partial charge in [0.25, 0.3) is 5.91 Å². The molecule has 1 aromatic rings. The number of nitriles is 1. The first-order chi connectivity index (χ1) is 12.4. The third kappa shape index (κ3) is 6.68. The number of nitrogens with one attached hydrogen (secondary N) is 1. The maximum atomic E-state index is 12.8. The molecule has 0 bridgehead atoms. The van der Waals surface area contributed by atoms with E-state index in [-0.39, 0.29) is 5.91 Å². The van der Waals surface area contributed by atoms with Gasteiger partial charge >= 0.3 is 0 Å². The summed E-state index contributed by atoms with van der Waals surface area (Å²) in [5.41, 5.74) is 0.0937. The molecule has 0 radical (unpaired) electrons. The van der Waals surface area contributed by atoms with Crippen LogP contribution in [0.5, 0.6) is 5.75 Å². The Kier molecular flexibility index (Phi) is 9.15. The minimum absolute atomic E-state index is 0.191. The minimum Gasteiger partial charge on any atom is -0.492 e. The van der Waals surface area contributed by atoms with E-state index in [0.717, 1.165) is 19.3 Å². The molecule has 5 heteroatoms. The van der Waals surface area contributed by atoms with Crippen molar-refractivity contribution in [2.45, 2.75) is 65.9 Å². The molecule has 1 aromatic carbocycles. The molecule has 26 heavy (non-hydrogen) atoms. The van der Waals surface area contributed by atoms with Crippen molar-refractivity contribution >= 4 is 11.6 Å². The molecule has 0 aliphatic heterocycles. The predicted octanol–water partition coefficient (Wildman–Crippen LogP) is 4.91. The Labute approximate surface area is 157 Å². The largest absolute Gasteiger partial charge is 0.492 e. The van der Waals surface area contributed by atoms with Crippen LogP contribution >= 0.6 is 0 Å². The van der Waals surface area contributed by atoms with Crippen molar-refractivity contribution in [3.63, 3.8) is 0 Å². The summed E-state index contributed by atoms with van der Waals surface area (Å²) in [6.45, 7) is 11.2. The van der Waals surface area contributed by atoms with Crippen molar-refractivity contribution in [3.05, 3.63) is 23.8 Å². The number of carbonyl (C=O) groups is 1. The third-order valence-electron chi connectivity index (χ3n) is 4.02. The highest BCUT2D eigenvalue weighted by Gasteiger charge is 2.35. The number of carbonyl (C=O) groups excluding carboxylic acids is 1. The SMILES string of the molecule is CCCCOc1ccc(NC(=O)C(C)(CC(C)C)OCCC)cc1C#N. The van der Waals surface area contributed by atoms with Gasteiger partial charge in [0, 0.05) is 12.3 Å². The Morgan fingerprint density at radius 1 is 1.27 bits per heavy atom. The van der Waals surface area contributed by atoms with Gasteiger partial charge in [-0.1, -0.05) is 34.1 Å². The van der Waals surface area contributed by atoms with Crippen molar-refractivity contribution in [2.24, 2.45) is 5.92 Å². The standard InChI is InChI=1S/C21H32N2O3/c1-6-8-12-25-19-10-9-18(13-17(19)15-22)23-20(24)21(5,14-16(3)4)26-11-7-2/h9-10,13,16H,6-8,11-12,14H2,1-5H3,(H,23,24). The van der Waals surface area contributed by atoms with Gasteiger partial charge in [-0.15, -0.1) is 0 Å². The van der Waals surface area contributed by atoms with Crippen LogP contribution in [0, 0.1) is 17.2 Å². The molecule has 0 saturated carbocycles. The first-order valence-corrected chi connectivity index (χ1v) is 9.48. The number of hydrogen-bond donors (Lipinski definition) is 1. The van der Waals surface area contributed by atoms with E-state index in [1.807, 2.05) is 13.8 Å². The molecule has 0 aromatic heterocycles. The fraction of sp³-hybridized carbons (Fsp3) is 0.619. The van der Waals surface area contributed by atoms with Crippen LogP contribution in [0.25, 0.3) is 0 Å². The number of unbranched alkanes of at least 4 members (excludes halogenated alkanes) is 1.